The minimum Gasteiger partial charge on any atom is -0.381 e. The number of sulfonamides is 1. The average molecular weight is 467 g/mol. The summed E-state index contributed by atoms with van der Waals surface area (Å²) in [4.78, 5) is 13.1. The lowest BCUT2D eigenvalue weighted by Gasteiger charge is -2.38. The molecule has 28 heavy (non-hydrogen) atoms. The summed E-state index contributed by atoms with van der Waals surface area (Å²) in [5, 5.41) is 3.17. The molecule has 1 aliphatic rings. The minimum atomic E-state index is -3.53. The smallest absolute Gasteiger partial charge is 0.251 e. The van der Waals surface area contributed by atoms with Crippen molar-refractivity contribution in [1.82, 2.24) is 9.62 Å². The van der Waals surface area contributed by atoms with Crippen LogP contribution in [0.1, 0.15) is 28.8 Å². The average Bonchev–Trinajstić information content (AvgIpc) is 2.68. The molecule has 0 unspecified atom stereocenters. The second-order valence-corrected chi connectivity index (χ2v) is 10.0. The number of carbonyl (C=O) groups excluding carboxylic acids is 1. The molecule has 6 nitrogen and oxygen atoms in total. The number of carbonyl (C=O) groups is 1. The summed E-state index contributed by atoms with van der Waals surface area (Å²) in [6.07, 6.45) is 1.34. The van der Waals surface area contributed by atoms with Crippen LogP contribution in [0.15, 0.2) is 57.9 Å². The van der Waals surface area contributed by atoms with Crippen LogP contribution in [-0.2, 0) is 20.3 Å². The lowest BCUT2D eigenvalue weighted by molar-refractivity contribution is 0.0345. The highest BCUT2D eigenvalue weighted by atomic mass is 79.9. The maximum absolute atomic E-state index is 12.9. The predicted octanol–water partition coefficient (Wildman–Crippen LogP) is 3.14. The standard InChI is InChI=1S/C20H23BrN2O4S/c1-23(2)28(25,26)18-8-6-15(7-9-18)19(24)22-20(10-12-27-13-11-20)16-4-3-5-17(21)14-16/h3-9,14H,10-13H2,1-2H3,(H,22,24). The molecule has 0 atom stereocenters. The Kier molecular flexibility index (Phi) is 6.24. The molecule has 1 heterocycles. The van der Waals surface area contributed by atoms with Gasteiger partial charge in [0, 0.05) is 37.3 Å². The van der Waals surface area contributed by atoms with Gasteiger partial charge in [-0.15, -0.1) is 0 Å². The maximum Gasteiger partial charge on any atom is 0.251 e. The lowest BCUT2D eigenvalue weighted by Crippen LogP contribution is -2.49. The Morgan fingerprint density at radius 2 is 1.75 bits per heavy atom. The van der Waals surface area contributed by atoms with E-state index < -0.39 is 15.6 Å². The summed E-state index contributed by atoms with van der Waals surface area (Å²) in [6.45, 7) is 1.12. The second-order valence-electron chi connectivity index (χ2n) is 6.97. The van der Waals surface area contributed by atoms with Gasteiger partial charge in [0.2, 0.25) is 10.0 Å². The predicted molar refractivity (Wildman–Crippen MR) is 111 cm³/mol. The molecule has 1 N–H and O–H groups in total. The number of ether oxygens (including phenoxy) is 1. The highest BCUT2D eigenvalue weighted by Crippen LogP contribution is 2.34. The fourth-order valence-corrected chi connectivity index (χ4v) is 4.57. The Labute approximate surface area is 174 Å². The van der Waals surface area contributed by atoms with Gasteiger partial charge < -0.3 is 10.1 Å². The fraction of sp³-hybridized carbons (Fsp3) is 0.350. The van der Waals surface area contributed by atoms with Crippen molar-refractivity contribution in [3.63, 3.8) is 0 Å². The number of hydrogen-bond donors (Lipinski definition) is 1. The van der Waals surface area contributed by atoms with Gasteiger partial charge in [0.1, 0.15) is 0 Å². The van der Waals surface area contributed by atoms with E-state index in [1.807, 2.05) is 24.3 Å². The van der Waals surface area contributed by atoms with Crippen molar-refractivity contribution in [3.8, 4) is 0 Å². The molecule has 1 amide bonds. The first-order chi connectivity index (χ1) is 13.2. The summed E-state index contributed by atoms with van der Waals surface area (Å²) in [5.74, 6) is -0.240. The van der Waals surface area contributed by atoms with Gasteiger partial charge in [-0.2, -0.15) is 0 Å². The number of hydrogen-bond acceptors (Lipinski definition) is 4. The van der Waals surface area contributed by atoms with Crippen molar-refractivity contribution in [2.24, 2.45) is 0 Å². The Morgan fingerprint density at radius 3 is 2.32 bits per heavy atom. The topological polar surface area (TPSA) is 75.7 Å². The van der Waals surface area contributed by atoms with E-state index in [4.69, 9.17) is 4.74 Å². The molecule has 3 rings (SSSR count). The van der Waals surface area contributed by atoms with Gasteiger partial charge >= 0.3 is 0 Å². The quantitative estimate of drug-likeness (QED) is 0.734. The summed E-state index contributed by atoms with van der Waals surface area (Å²) in [5.41, 5.74) is 0.914. The lowest BCUT2D eigenvalue weighted by atomic mass is 9.82. The van der Waals surface area contributed by atoms with Crippen LogP contribution in [-0.4, -0.2) is 45.9 Å². The van der Waals surface area contributed by atoms with Crippen LogP contribution in [0.5, 0.6) is 0 Å². The number of nitrogens with one attached hydrogen (secondary N) is 1. The molecular formula is C20H23BrN2O4S. The van der Waals surface area contributed by atoms with Gasteiger partial charge in [-0.1, -0.05) is 28.1 Å². The van der Waals surface area contributed by atoms with E-state index in [2.05, 4.69) is 21.2 Å². The van der Waals surface area contributed by atoms with Gasteiger partial charge in [0.05, 0.1) is 10.4 Å². The highest BCUT2D eigenvalue weighted by Gasteiger charge is 2.36. The van der Waals surface area contributed by atoms with Gasteiger partial charge in [-0.3, -0.25) is 4.79 Å². The third-order valence-corrected chi connectivity index (χ3v) is 7.29. The molecule has 0 aromatic heterocycles. The van der Waals surface area contributed by atoms with Crippen molar-refractivity contribution in [1.29, 1.82) is 0 Å². The maximum atomic E-state index is 12.9. The number of benzene rings is 2. The first-order valence-corrected chi connectivity index (χ1v) is 11.2. The van der Waals surface area contributed by atoms with E-state index in [9.17, 15) is 13.2 Å². The summed E-state index contributed by atoms with van der Waals surface area (Å²) >= 11 is 3.50. The molecule has 0 radical (unpaired) electrons. The molecule has 150 valence electrons. The summed E-state index contributed by atoms with van der Waals surface area (Å²) < 4.78 is 32.0. The number of amides is 1. The van der Waals surface area contributed by atoms with Crippen LogP contribution in [0.2, 0.25) is 0 Å². The molecule has 2 aromatic rings. The van der Waals surface area contributed by atoms with Crippen molar-refractivity contribution >= 4 is 31.9 Å². The van der Waals surface area contributed by atoms with Crippen LogP contribution in [0.3, 0.4) is 0 Å². The SMILES string of the molecule is CN(C)S(=O)(=O)c1ccc(C(=O)NC2(c3cccc(Br)c3)CCOCC2)cc1. The number of nitrogens with zero attached hydrogens (tertiary/aromatic N) is 1. The third-order valence-electron chi connectivity index (χ3n) is 4.97. The van der Waals surface area contributed by atoms with Gasteiger partial charge in [0.15, 0.2) is 0 Å². The zero-order valence-corrected chi connectivity index (χ0v) is 18.2. The van der Waals surface area contributed by atoms with E-state index in [-0.39, 0.29) is 10.8 Å². The Balaban J connectivity index is 1.87. The van der Waals surface area contributed by atoms with Crippen LogP contribution in [0.25, 0.3) is 0 Å². The van der Waals surface area contributed by atoms with E-state index >= 15 is 0 Å². The molecular weight excluding hydrogens is 444 g/mol. The van der Waals surface area contributed by atoms with Gasteiger partial charge in [-0.05, 0) is 54.8 Å². The van der Waals surface area contributed by atoms with E-state index in [1.54, 1.807) is 12.1 Å². The van der Waals surface area contributed by atoms with Crippen molar-refractivity contribution < 1.29 is 17.9 Å². The molecule has 1 aliphatic heterocycles. The molecule has 0 saturated carbocycles. The number of halogens is 1. The Morgan fingerprint density at radius 1 is 1.11 bits per heavy atom. The van der Waals surface area contributed by atoms with Gasteiger partial charge in [0.25, 0.3) is 5.91 Å². The van der Waals surface area contributed by atoms with E-state index in [0.29, 0.717) is 31.6 Å². The van der Waals surface area contributed by atoms with Crippen molar-refractivity contribution in [3.05, 3.63) is 64.1 Å². The zero-order valence-electron chi connectivity index (χ0n) is 15.8. The van der Waals surface area contributed by atoms with Crippen molar-refractivity contribution in [2.45, 2.75) is 23.3 Å². The second kappa shape index (κ2) is 8.32. The minimum absolute atomic E-state index is 0.154. The monoisotopic (exact) mass is 466 g/mol. The molecule has 1 saturated heterocycles. The van der Waals surface area contributed by atoms with Crippen LogP contribution in [0.4, 0.5) is 0 Å². The highest BCUT2D eigenvalue weighted by molar-refractivity contribution is 9.10. The van der Waals surface area contributed by atoms with Gasteiger partial charge in [-0.25, -0.2) is 12.7 Å². The van der Waals surface area contributed by atoms with Crippen LogP contribution in [0, 0.1) is 0 Å². The van der Waals surface area contributed by atoms with Crippen LogP contribution < -0.4 is 5.32 Å². The Bertz CT molecular complexity index is 952. The van der Waals surface area contributed by atoms with E-state index in [1.165, 1.54) is 26.2 Å². The molecule has 1 fully saturated rings. The summed E-state index contributed by atoms with van der Waals surface area (Å²) in [6, 6.07) is 13.9. The molecule has 2 aromatic carbocycles. The molecule has 0 aliphatic carbocycles. The Hall–Kier alpha value is -1.74. The zero-order chi connectivity index (χ0) is 20.4. The van der Waals surface area contributed by atoms with Crippen LogP contribution >= 0.6 is 15.9 Å². The van der Waals surface area contributed by atoms with Crippen molar-refractivity contribution in [2.75, 3.05) is 27.3 Å². The molecule has 0 bridgehead atoms. The largest absolute Gasteiger partial charge is 0.381 e. The third kappa shape index (κ3) is 4.30. The fourth-order valence-electron chi connectivity index (χ4n) is 3.27. The molecule has 0 spiro atoms. The summed E-state index contributed by atoms with van der Waals surface area (Å²) in [7, 11) is -0.576. The first kappa shape index (κ1) is 21.0. The molecule has 8 heteroatoms. The first-order valence-electron chi connectivity index (χ1n) is 8.93. The normalized spacial score (nSPS) is 16.7. The number of rotatable bonds is 5. The van der Waals surface area contributed by atoms with E-state index in [0.717, 1.165) is 14.3 Å².